The molecule has 0 saturated heterocycles. The van der Waals surface area contributed by atoms with E-state index in [2.05, 4.69) is 26.6 Å². The van der Waals surface area contributed by atoms with Crippen LogP contribution < -0.4 is 5.32 Å². The van der Waals surface area contributed by atoms with Gasteiger partial charge >= 0.3 is 0 Å². The zero-order valence-electron chi connectivity index (χ0n) is 14.4. The van der Waals surface area contributed by atoms with Crippen LogP contribution in [0.3, 0.4) is 0 Å². The summed E-state index contributed by atoms with van der Waals surface area (Å²) >= 11 is 1.33. The SMILES string of the molecule is Cc1ccc(NC(=O)[C@H](C)Sc2n[nH]c(-c3ccccc3)n2)c(C)c1. The van der Waals surface area contributed by atoms with Crippen molar-refractivity contribution in [2.75, 3.05) is 5.32 Å². The first-order valence-electron chi connectivity index (χ1n) is 8.05. The maximum atomic E-state index is 12.4. The van der Waals surface area contributed by atoms with Gasteiger partial charge in [-0.05, 0) is 32.4 Å². The third-order valence-electron chi connectivity index (χ3n) is 3.80. The lowest BCUT2D eigenvalue weighted by Gasteiger charge is -2.12. The van der Waals surface area contributed by atoms with Crippen molar-refractivity contribution in [2.24, 2.45) is 0 Å². The zero-order chi connectivity index (χ0) is 17.8. The number of H-pyrrole nitrogens is 1. The highest BCUT2D eigenvalue weighted by Crippen LogP contribution is 2.24. The van der Waals surface area contributed by atoms with Crippen molar-refractivity contribution in [3.8, 4) is 11.4 Å². The van der Waals surface area contributed by atoms with E-state index in [1.807, 2.05) is 63.2 Å². The molecule has 1 amide bonds. The molecular weight excluding hydrogens is 332 g/mol. The summed E-state index contributed by atoms with van der Waals surface area (Å²) in [6.07, 6.45) is 0. The normalized spacial score (nSPS) is 12.0. The molecule has 3 aromatic rings. The van der Waals surface area contributed by atoms with Crippen molar-refractivity contribution in [3.63, 3.8) is 0 Å². The quantitative estimate of drug-likeness (QED) is 0.675. The first kappa shape index (κ1) is 17.2. The smallest absolute Gasteiger partial charge is 0.237 e. The van der Waals surface area contributed by atoms with E-state index in [0.717, 1.165) is 16.8 Å². The Bertz CT molecular complexity index is 876. The molecule has 0 saturated carbocycles. The number of aromatic amines is 1. The van der Waals surface area contributed by atoms with Crippen LogP contribution in [0.1, 0.15) is 18.1 Å². The van der Waals surface area contributed by atoms with Crippen LogP contribution in [0.2, 0.25) is 0 Å². The minimum atomic E-state index is -0.305. The van der Waals surface area contributed by atoms with E-state index in [1.54, 1.807) is 0 Å². The van der Waals surface area contributed by atoms with Gasteiger partial charge in [-0.25, -0.2) is 4.98 Å². The van der Waals surface area contributed by atoms with Crippen LogP contribution in [-0.4, -0.2) is 26.3 Å². The second kappa shape index (κ2) is 7.53. The van der Waals surface area contributed by atoms with E-state index in [9.17, 15) is 4.79 Å². The first-order chi connectivity index (χ1) is 12.0. The monoisotopic (exact) mass is 352 g/mol. The molecule has 1 heterocycles. The molecule has 1 atom stereocenters. The van der Waals surface area contributed by atoms with Crippen molar-refractivity contribution in [1.29, 1.82) is 0 Å². The third-order valence-corrected chi connectivity index (χ3v) is 4.76. The number of carbonyl (C=O) groups is 1. The number of thioether (sulfide) groups is 1. The Hall–Kier alpha value is -2.60. The van der Waals surface area contributed by atoms with Gasteiger partial charge in [0.05, 0.1) is 5.25 Å². The third kappa shape index (κ3) is 4.28. The number of hydrogen-bond donors (Lipinski definition) is 2. The number of nitrogens with one attached hydrogen (secondary N) is 2. The lowest BCUT2D eigenvalue weighted by Crippen LogP contribution is -2.23. The summed E-state index contributed by atoms with van der Waals surface area (Å²) in [5.41, 5.74) is 4.03. The fraction of sp³-hybridized carbons (Fsp3) is 0.211. The van der Waals surface area contributed by atoms with E-state index in [0.29, 0.717) is 11.0 Å². The van der Waals surface area contributed by atoms with E-state index >= 15 is 0 Å². The number of amides is 1. The summed E-state index contributed by atoms with van der Waals surface area (Å²) in [5.74, 6) is 0.633. The predicted molar refractivity (Wildman–Crippen MR) is 102 cm³/mol. The molecule has 25 heavy (non-hydrogen) atoms. The van der Waals surface area contributed by atoms with Crippen LogP contribution >= 0.6 is 11.8 Å². The molecular formula is C19H20N4OS. The summed E-state index contributed by atoms with van der Waals surface area (Å²) in [5, 5.41) is 10.3. The topological polar surface area (TPSA) is 70.7 Å². The number of aryl methyl sites for hydroxylation is 2. The Morgan fingerprint density at radius 2 is 1.92 bits per heavy atom. The van der Waals surface area contributed by atoms with Crippen molar-refractivity contribution in [2.45, 2.75) is 31.2 Å². The minimum absolute atomic E-state index is 0.0667. The maximum Gasteiger partial charge on any atom is 0.237 e. The fourth-order valence-electron chi connectivity index (χ4n) is 2.42. The molecule has 1 aromatic heterocycles. The van der Waals surface area contributed by atoms with Gasteiger partial charge in [0.15, 0.2) is 5.82 Å². The van der Waals surface area contributed by atoms with Crippen molar-refractivity contribution in [3.05, 3.63) is 59.7 Å². The number of anilines is 1. The van der Waals surface area contributed by atoms with Gasteiger partial charge in [0, 0.05) is 11.3 Å². The number of carbonyl (C=O) groups excluding carboxylic acids is 1. The fourth-order valence-corrected chi connectivity index (χ4v) is 3.15. The van der Waals surface area contributed by atoms with Crippen LogP contribution in [0, 0.1) is 13.8 Å². The Morgan fingerprint density at radius 3 is 2.64 bits per heavy atom. The van der Waals surface area contributed by atoms with Gasteiger partial charge < -0.3 is 5.32 Å². The molecule has 2 aromatic carbocycles. The Balaban J connectivity index is 1.65. The van der Waals surface area contributed by atoms with Gasteiger partial charge in [-0.1, -0.05) is 59.8 Å². The molecule has 0 aliphatic heterocycles. The second-order valence-electron chi connectivity index (χ2n) is 5.90. The van der Waals surface area contributed by atoms with E-state index < -0.39 is 0 Å². The molecule has 6 heteroatoms. The second-order valence-corrected chi connectivity index (χ2v) is 7.21. The van der Waals surface area contributed by atoms with Crippen molar-refractivity contribution >= 4 is 23.4 Å². The molecule has 0 spiro atoms. The standard InChI is InChI=1S/C19H20N4OS/c1-12-9-10-16(13(2)11-12)20-18(24)14(3)25-19-21-17(22-23-19)15-7-5-4-6-8-15/h4-11,14H,1-3H3,(H,20,24)(H,21,22,23)/t14-/m0/s1. The van der Waals surface area contributed by atoms with Crippen molar-refractivity contribution < 1.29 is 4.79 Å². The average Bonchev–Trinajstić information content (AvgIpc) is 3.06. The molecule has 0 fully saturated rings. The molecule has 0 aliphatic carbocycles. The predicted octanol–water partition coefficient (Wildman–Crippen LogP) is 4.21. The van der Waals surface area contributed by atoms with Crippen LogP contribution in [0.4, 0.5) is 5.69 Å². The van der Waals surface area contributed by atoms with Crippen LogP contribution in [0.5, 0.6) is 0 Å². The van der Waals surface area contributed by atoms with E-state index in [-0.39, 0.29) is 11.2 Å². The lowest BCUT2D eigenvalue weighted by molar-refractivity contribution is -0.115. The molecule has 0 radical (unpaired) electrons. The van der Waals surface area contributed by atoms with Gasteiger partial charge in [-0.3, -0.25) is 9.89 Å². The summed E-state index contributed by atoms with van der Waals surface area (Å²) in [6, 6.07) is 15.7. The van der Waals surface area contributed by atoms with Crippen LogP contribution in [0.25, 0.3) is 11.4 Å². The van der Waals surface area contributed by atoms with Gasteiger partial charge in [-0.2, -0.15) is 0 Å². The minimum Gasteiger partial charge on any atom is -0.325 e. The molecule has 3 rings (SSSR count). The highest BCUT2D eigenvalue weighted by atomic mass is 32.2. The Labute approximate surface area is 151 Å². The number of aromatic nitrogens is 3. The highest BCUT2D eigenvalue weighted by Gasteiger charge is 2.18. The molecule has 0 unspecified atom stereocenters. The van der Waals surface area contributed by atoms with E-state index in [1.165, 1.54) is 17.3 Å². The molecule has 2 N–H and O–H groups in total. The average molecular weight is 352 g/mol. The van der Waals surface area contributed by atoms with Gasteiger partial charge in [-0.15, -0.1) is 5.10 Å². The number of rotatable bonds is 5. The van der Waals surface area contributed by atoms with Crippen LogP contribution in [0.15, 0.2) is 53.7 Å². The lowest BCUT2D eigenvalue weighted by atomic mass is 10.1. The molecule has 0 bridgehead atoms. The number of nitrogens with zero attached hydrogens (tertiary/aromatic N) is 2. The molecule has 0 aliphatic rings. The summed E-state index contributed by atoms with van der Waals surface area (Å²) in [4.78, 5) is 16.9. The zero-order valence-corrected chi connectivity index (χ0v) is 15.2. The van der Waals surface area contributed by atoms with Gasteiger partial charge in [0.2, 0.25) is 11.1 Å². The Morgan fingerprint density at radius 1 is 1.16 bits per heavy atom. The molecule has 5 nitrogen and oxygen atoms in total. The summed E-state index contributed by atoms with van der Waals surface area (Å²) in [6.45, 7) is 5.87. The number of hydrogen-bond acceptors (Lipinski definition) is 4. The first-order valence-corrected chi connectivity index (χ1v) is 8.93. The van der Waals surface area contributed by atoms with Gasteiger partial charge in [0.25, 0.3) is 0 Å². The summed E-state index contributed by atoms with van der Waals surface area (Å²) < 4.78 is 0. The van der Waals surface area contributed by atoms with Gasteiger partial charge in [0.1, 0.15) is 0 Å². The van der Waals surface area contributed by atoms with Crippen LogP contribution in [-0.2, 0) is 4.79 Å². The van der Waals surface area contributed by atoms with E-state index in [4.69, 9.17) is 0 Å². The summed E-state index contributed by atoms with van der Waals surface area (Å²) in [7, 11) is 0. The maximum absolute atomic E-state index is 12.4. The largest absolute Gasteiger partial charge is 0.325 e. The number of benzene rings is 2. The molecule has 128 valence electrons. The van der Waals surface area contributed by atoms with Crippen molar-refractivity contribution in [1.82, 2.24) is 15.2 Å². The highest BCUT2D eigenvalue weighted by molar-refractivity contribution is 8.00. The Kier molecular flexibility index (Phi) is 5.19.